The molecule has 0 radical (unpaired) electrons. The van der Waals surface area contributed by atoms with Gasteiger partial charge in [0.15, 0.2) is 0 Å². The second kappa shape index (κ2) is 8.94. The molecule has 0 aliphatic carbocycles. The van der Waals surface area contributed by atoms with Gasteiger partial charge in [0, 0.05) is 30.9 Å². The average Bonchev–Trinajstić information content (AvgIpc) is 2.62. The number of carbonyl (C=O) groups excluding carboxylic acids is 1. The molecular weight excluding hydrogens is 357 g/mol. The Morgan fingerprint density at radius 3 is 2.54 bits per heavy atom. The van der Waals surface area contributed by atoms with Crippen molar-refractivity contribution < 1.29 is 9.18 Å². The van der Waals surface area contributed by atoms with Crippen LogP contribution in [0.4, 0.5) is 27.4 Å². The number of halogens is 1. The maximum atomic E-state index is 13.7. The van der Waals surface area contributed by atoms with E-state index in [1.165, 1.54) is 13.0 Å². The van der Waals surface area contributed by atoms with Gasteiger partial charge in [-0.2, -0.15) is 0 Å². The van der Waals surface area contributed by atoms with Crippen molar-refractivity contribution in [3.05, 3.63) is 71.8 Å². The van der Waals surface area contributed by atoms with Gasteiger partial charge in [0.25, 0.3) is 0 Å². The van der Waals surface area contributed by atoms with Crippen LogP contribution in [0, 0.1) is 12.7 Å². The van der Waals surface area contributed by atoms with E-state index in [1.54, 1.807) is 25.1 Å². The SMILES string of the molecule is CC(=O)Nc1cccc(Nc2cc(NCCc3ccccc3F)nc(C)n2)c1. The number of rotatable bonds is 7. The normalized spacial score (nSPS) is 10.4. The van der Waals surface area contributed by atoms with E-state index in [0.717, 1.165) is 5.69 Å². The first-order valence-electron chi connectivity index (χ1n) is 8.97. The summed E-state index contributed by atoms with van der Waals surface area (Å²) in [5, 5.41) is 9.17. The molecule has 3 N–H and O–H groups in total. The van der Waals surface area contributed by atoms with Gasteiger partial charge >= 0.3 is 0 Å². The number of carbonyl (C=O) groups is 1. The topological polar surface area (TPSA) is 78.9 Å². The van der Waals surface area contributed by atoms with Crippen molar-refractivity contribution in [1.82, 2.24) is 9.97 Å². The maximum Gasteiger partial charge on any atom is 0.221 e. The minimum absolute atomic E-state index is 0.128. The third kappa shape index (κ3) is 5.51. The largest absolute Gasteiger partial charge is 0.370 e. The fraction of sp³-hybridized carbons (Fsp3) is 0.190. The molecule has 0 unspecified atom stereocenters. The zero-order chi connectivity index (χ0) is 19.9. The molecule has 0 aliphatic heterocycles. The van der Waals surface area contributed by atoms with Crippen LogP contribution in [-0.4, -0.2) is 22.4 Å². The fourth-order valence-corrected chi connectivity index (χ4v) is 2.77. The quantitative estimate of drug-likeness (QED) is 0.571. The van der Waals surface area contributed by atoms with Gasteiger partial charge in [-0.15, -0.1) is 0 Å². The van der Waals surface area contributed by atoms with Gasteiger partial charge in [0.05, 0.1) is 0 Å². The minimum Gasteiger partial charge on any atom is -0.370 e. The van der Waals surface area contributed by atoms with Crippen molar-refractivity contribution in [3.63, 3.8) is 0 Å². The highest BCUT2D eigenvalue weighted by Crippen LogP contribution is 2.21. The van der Waals surface area contributed by atoms with Crippen LogP contribution < -0.4 is 16.0 Å². The number of aromatic nitrogens is 2. The molecule has 0 atom stereocenters. The maximum absolute atomic E-state index is 13.7. The number of anilines is 4. The van der Waals surface area contributed by atoms with Crippen LogP contribution in [-0.2, 0) is 11.2 Å². The van der Waals surface area contributed by atoms with Crippen molar-refractivity contribution in [3.8, 4) is 0 Å². The average molecular weight is 379 g/mol. The number of amides is 1. The summed E-state index contributed by atoms with van der Waals surface area (Å²) in [6.45, 7) is 3.82. The molecule has 0 spiro atoms. The number of benzene rings is 2. The molecular formula is C21H22FN5O. The van der Waals surface area contributed by atoms with E-state index in [-0.39, 0.29) is 11.7 Å². The molecule has 0 bridgehead atoms. The Morgan fingerprint density at radius 1 is 1.00 bits per heavy atom. The summed E-state index contributed by atoms with van der Waals surface area (Å²) in [4.78, 5) is 20.0. The molecule has 3 aromatic rings. The first kappa shape index (κ1) is 19.3. The van der Waals surface area contributed by atoms with Crippen LogP contribution in [0.5, 0.6) is 0 Å². The predicted molar refractivity (Wildman–Crippen MR) is 109 cm³/mol. The van der Waals surface area contributed by atoms with E-state index in [9.17, 15) is 9.18 Å². The van der Waals surface area contributed by atoms with Crippen molar-refractivity contribution >= 4 is 28.9 Å². The van der Waals surface area contributed by atoms with E-state index in [4.69, 9.17) is 0 Å². The smallest absolute Gasteiger partial charge is 0.221 e. The van der Waals surface area contributed by atoms with Gasteiger partial charge in [-0.1, -0.05) is 24.3 Å². The van der Waals surface area contributed by atoms with Crippen LogP contribution in [0.1, 0.15) is 18.3 Å². The van der Waals surface area contributed by atoms with E-state index >= 15 is 0 Å². The lowest BCUT2D eigenvalue weighted by Gasteiger charge is -2.11. The Morgan fingerprint density at radius 2 is 1.75 bits per heavy atom. The van der Waals surface area contributed by atoms with Crippen LogP contribution in [0.3, 0.4) is 0 Å². The minimum atomic E-state index is -0.204. The van der Waals surface area contributed by atoms with Crippen molar-refractivity contribution in [1.29, 1.82) is 0 Å². The van der Waals surface area contributed by atoms with E-state index in [2.05, 4.69) is 25.9 Å². The number of hydrogen-bond acceptors (Lipinski definition) is 5. The first-order valence-corrected chi connectivity index (χ1v) is 8.97. The first-order chi connectivity index (χ1) is 13.5. The summed E-state index contributed by atoms with van der Waals surface area (Å²) in [5.41, 5.74) is 2.15. The monoisotopic (exact) mass is 379 g/mol. The third-order valence-electron chi connectivity index (χ3n) is 3.95. The molecule has 0 saturated heterocycles. The van der Waals surface area contributed by atoms with Crippen LogP contribution in [0.2, 0.25) is 0 Å². The lowest BCUT2D eigenvalue weighted by atomic mass is 10.1. The zero-order valence-electron chi connectivity index (χ0n) is 15.8. The summed E-state index contributed by atoms with van der Waals surface area (Å²) >= 11 is 0. The Kier molecular flexibility index (Phi) is 6.16. The van der Waals surface area contributed by atoms with Gasteiger partial charge in [0.2, 0.25) is 5.91 Å². The summed E-state index contributed by atoms with van der Waals surface area (Å²) in [6, 6.07) is 15.9. The fourth-order valence-electron chi connectivity index (χ4n) is 2.77. The number of aryl methyl sites for hydroxylation is 1. The third-order valence-corrected chi connectivity index (χ3v) is 3.95. The molecule has 6 nitrogen and oxygen atoms in total. The lowest BCUT2D eigenvalue weighted by molar-refractivity contribution is -0.114. The summed E-state index contributed by atoms with van der Waals surface area (Å²) in [7, 11) is 0. The Labute approximate surface area is 163 Å². The lowest BCUT2D eigenvalue weighted by Crippen LogP contribution is -2.09. The summed E-state index contributed by atoms with van der Waals surface area (Å²) in [5.74, 6) is 1.56. The highest BCUT2D eigenvalue weighted by atomic mass is 19.1. The molecule has 144 valence electrons. The van der Waals surface area contributed by atoms with Crippen molar-refractivity contribution in [2.75, 3.05) is 22.5 Å². The summed E-state index contributed by atoms with van der Waals surface area (Å²) in [6.07, 6.45) is 0.553. The predicted octanol–water partition coefficient (Wildman–Crippen LogP) is 4.28. The van der Waals surface area contributed by atoms with Gasteiger partial charge < -0.3 is 16.0 Å². The van der Waals surface area contributed by atoms with E-state index in [0.29, 0.717) is 41.7 Å². The molecule has 7 heteroatoms. The van der Waals surface area contributed by atoms with Crippen LogP contribution in [0.15, 0.2) is 54.6 Å². The standard InChI is InChI=1S/C21H22FN5O/c1-14-24-20(23-11-10-16-6-3-4-9-19(16)22)13-21(25-14)27-18-8-5-7-17(12-18)26-15(2)28/h3-9,12-13H,10-11H2,1-2H3,(H,26,28)(H2,23,24,25,27). The van der Waals surface area contributed by atoms with Crippen molar-refractivity contribution in [2.45, 2.75) is 20.3 Å². The molecule has 1 aromatic heterocycles. The van der Waals surface area contributed by atoms with Gasteiger partial charge in [-0.3, -0.25) is 4.79 Å². The zero-order valence-corrected chi connectivity index (χ0v) is 15.8. The Bertz CT molecular complexity index is 977. The molecule has 2 aromatic carbocycles. The van der Waals surface area contributed by atoms with E-state index < -0.39 is 0 Å². The highest BCUT2D eigenvalue weighted by molar-refractivity contribution is 5.89. The second-order valence-corrected chi connectivity index (χ2v) is 6.34. The molecule has 3 rings (SSSR count). The Hall–Kier alpha value is -3.48. The second-order valence-electron chi connectivity index (χ2n) is 6.34. The number of nitrogens with one attached hydrogen (secondary N) is 3. The number of nitrogens with zero attached hydrogens (tertiary/aromatic N) is 2. The van der Waals surface area contributed by atoms with Gasteiger partial charge in [0.1, 0.15) is 23.3 Å². The van der Waals surface area contributed by atoms with Gasteiger partial charge in [-0.05, 0) is 43.2 Å². The highest BCUT2D eigenvalue weighted by Gasteiger charge is 2.05. The Balaban J connectivity index is 1.66. The number of hydrogen-bond donors (Lipinski definition) is 3. The molecule has 1 amide bonds. The van der Waals surface area contributed by atoms with Crippen LogP contribution in [0.25, 0.3) is 0 Å². The molecule has 0 fully saturated rings. The van der Waals surface area contributed by atoms with Gasteiger partial charge in [-0.25, -0.2) is 14.4 Å². The van der Waals surface area contributed by atoms with E-state index in [1.807, 2.05) is 30.3 Å². The van der Waals surface area contributed by atoms with Crippen molar-refractivity contribution in [2.24, 2.45) is 0 Å². The molecule has 0 saturated carbocycles. The molecule has 1 heterocycles. The van der Waals surface area contributed by atoms with Crippen LogP contribution >= 0.6 is 0 Å². The molecule has 0 aliphatic rings. The molecule has 28 heavy (non-hydrogen) atoms. The summed E-state index contributed by atoms with van der Waals surface area (Å²) < 4.78 is 13.7.